The second-order valence-electron chi connectivity index (χ2n) is 4.01. The fourth-order valence-electron chi connectivity index (χ4n) is 1.65. The van der Waals surface area contributed by atoms with E-state index in [2.05, 4.69) is 34.3 Å². The SMILES string of the molecule is CC(O)Nn1nc2cncnc2c1C(C)C. The molecule has 2 aromatic heterocycles. The monoisotopic (exact) mass is 221 g/mol. The van der Waals surface area contributed by atoms with E-state index in [0.717, 1.165) is 16.7 Å². The first kappa shape index (κ1) is 10.8. The van der Waals surface area contributed by atoms with E-state index in [1.165, 1.54) is 6.33 Å². The van der Waals surface area contributed by atoms with E-state index in [4.69, 9.17) is 0 Å². The number of rotatable bonds is 3. The fraction of sp³-hybridized carbons (Fsp3) is 0.500. The second kappa shape index (κ2) is 4.05. The molecular formula is C10H15N5O. The summed E-state index contributed by atoms with van der Waals surface area (Å²) in [5, 5.41) is 13.6. The number of nitrogens with one attached hydrogen (secondary N) is 1. The molecule has 0 amide bonds. The normalized spacial score (nSPS) is 13.3. The highest BCUT2D eigenvalue weighted by Crippen LogP contribution is 2.21. The van der Waals surface area contributed by atoms with Crippen molar-refractivity contribution in [3.63, 3.8) is 0 Å². The van der Waals surface area contributed by atoms with Crippen LogP contribution in [-0.2, 0) is 0 Å². The molecule has 0 radical (unpaired) electrons. The summed E-state index contributed by atoms with van der Waals surface area (Å²) < 4.78 is 0. The Morgan fingerprint density at radius 2 is 2.12 bits per heavy atom. The molecule has 0 aliphatic heterocycles. The van der Waals surface area contributed by atoms with E-state index in [0.29, 0.717) is 0 Å². The molecule has 1 unspecified atom stereocenters. The minimum absolute atomic E-state index is 0.256. The maximum absolute atomic E-state index is 9.33. The summed E-state index contributed by atoms with van der Waals surface area (Å²) in [5.74, 6) is 0.256. The van der Waals surface area contributed by atoms with Gasteiger partial charge in [-0.1, -0.05) is 13.8 Å². The Labute approximate surface area is 93.3 Å². The first-order valence-corrected chi connectivity index (χ1v) is 5.23. The number of aliphatic hydroxyl groups excluding tert-OH is 1. The number of hydrogen-bond donors (Lipinski definition) is 2. The van der Waals surface area contributed by atoms with Crippen LogP contribution in [0.25, 0.3) is 11.0 Å². The van der Waals surface area contributed by atoms with Gasteiger partial charge >= 0.3 is 0 Å². The predicted molar refractivity (Wildman–Crippen MR) is 60.5 cm³/mol. The highest BCUT2D eigenvalue weighted by atomic mass is 16.3. The number of fused-ring (bicyclic) bond motifs is 1. The summed E-state index contributed by atoms with van der Waals surface area (Å²) in [5.41, 5.74) is 5.32. The van der Waals surface area contributed by atoms with E-state index in [-0.39, 0.29) is 5.92 Å². The van der Waals surface area contributed by atoms with Crippen LogP contribution in [0.2, 0.25) is 0 Å². The van der Waals surface area contributed by atoms with Gasteiger partial charge in [-0.3, -0.25) is 5.43 Å². The maximum Gasteiger partial charge on any atom is 0.137 e. The van der Waals surface area contributed by atoms with Crippen LogP contribution in [0.15, 0.2) is 12.5 Å². The van der Waals surface area contributed by atoms with E-state index in [1.807, 2.05) is 0 Å². The van der Waals surface area contributed by atoms with E-state index in [1.54, 1.807) is 17.9 Å². The Hall–Kier alpha value is -1.69. The molecule has 6 heteroatoms. The first-order chi connectivity index (χ1) is 7.59. The first-order valence-electron chi connectivity index (χ1n) is 5.23. The van der Waals surface area contributed by atoms with Crippen molar-refractivity contribution in [1.82, 2.24) is 19.9 Å². The Morgan fingerprint density at radius 3 is 2.75 bits per heavy atom. The summed E-state index contributed by atoms with van der Waals surface area (Å²) in [6.45, 7) is 5.75. The fourth-order valence-corrected chi connectivity index (χ4v) is 1.65. The lowest BCUT2D eigenvalue weighted by atomic mass is 10.1. The molecule has 0 saturated carbocycles. The molecule has 0 spiro atoms. The zero-order chi connectivity index (χ0) is 11.7. The summed E-state index contributed by atoms with van der Waals surface area (Å²) >= 11 is 0. The molecule has 0 aliphatic rings. The summed E-state index contributed by atoms with van der Waals surface area (Å²) in [6.07, 6.45) is 2.50. The number of hydrogen-bond acceptors (Lipinski definition) is 5. The summed E-state index contributed by atoms with van der Waals surface area (Å²) in [7, 11) is 0. The molecule has 0 fully saturated rings. The molecule has 2 rings (SSSR count). The highest BCUT2D eigenvalue weighted by molar-refractivity contribution is 5.76. The van der Waals surface area contributed by atoms with Crippen molar-refractivity contribution < 1.29 is 5.11 Å². The molecule has 2 N–H and O–H groups in total. The molecular weight excluding hydrogens is 206 g/mol. The van der Waals surface area contributed by atoms with Gasteiger partial charge in [0.2, 0.25) is 0 Å². The Balaban J connectivity index is 2.58. The van der Waals surface area contributed by atoms with Gasteiger partial charge in [-0.25, -0.2) is 9.97 Å². The van der Waals surface area contributed by atoms with E-state index in [9.17, 15) is 5.11 Å². The molecule has 0 saturated heterocycles. The van der Waals surface area contributed by atoms with Crippen LogP contribution in [0.3, 0.4) is 0 Å². The van der Waals surface area contributed by atoms with Crippen LogP contribution >= 0.6 is 0 Å². The van der Waals surface area contributed by atoms with Gasteiger partial charge in [0.25, 0.3) is 0 Å². The van der Waals surface area contributed by atoms with Gasteiger partial charge in [-0.15, -0.1) is 5.10 Å². The minimum Gasteiger partial charge on any atom is -0.373 e. The Kier molecular flexibility index (Phi) is 2.74. The van der Waals surface area contributed by atoms with Crippen LogP contribution < -0.4 is 5.43 Å². The second-order valence-corrected chi connectivity index (χ2v) is 4.01. The van der Waals surface area contributed by atoms with E-state index >= 15 is 0 Å². The number of aromatic nitrogens is 4. The predicted octanol–water partition coefficient (Wildman–Crippen LogP) is 0.831. The Bertz CT molecular complexity index is 491. The van der Waals surface area contributed by atoms with Crippen molar-refractivity contribution in [3.8, 4) is 0 Å². The lowest BCUT2D eigenvalue weighted by Gasteiger charge is -2.13. The topological polar surface area (TPSA) is 75.9 Å². The standard InChI is InChI=1S/C10H15N5O/c1-6(2)10-9-8(4-11-5-12-9)14-15(10)13-7(3)16/h4-7,13,16H,1-3H3. The molecule has 0 bridgehead atoms. The lowest BCUT2D eigenvalue weighted by Crippen LogP contribution is -2.27. The van der Waals surface area contributed by atoms with E-state index < -0.39 is 6.23 Å². The molecule has 0 aromatic carbocycles. The largest absolute Gasteiger partial charge is 0.373 e. The third kappa shape index (κ3) is 1.83. The van der Waals surface area contributed by atoms with Gasteiger partial charge in [0.05, 0.1) is 11.9 Å². The molecule has 2 aromatic rings. The summed E-state index contributed by atoms with van der Waals surface area (Å²) in [4.78, 5) is 9.72. The molecule has 6 nitrogen and oxygen atoms in total. The van der Waals surface area contributed by atoms with Crippen molar-refractivity contribution in [2.24, 2.45) is 0 Å². The lowest BCUT2D eigenvalue weighted by molar-refractivity contribution is 0.204. The highest BCUT2D eigenvalue weighted by Gasteiger charge is 2.16. The van der Waals surface area contributed by atoms with Gasteiger partial charge < -0.3 is 5.11 Å². The van der Waals surface area contributed by atoms with Crippen molar-refractivity contribution in [1.29, 1.82) is 0 Å². The molecule has 2 heterocycles. The molecule has 86 valence electrons. The van der Waals surface area contributed by atoms with Gasteiger partial charge in [0, 0.05) is 0 Å². The summed E-state index contributed by atoms with van der Waals surface area (Å²) in [6, 6.07) is 0. The van der Waals surface area contributed by atoms with Gasteiger partial charge in [-0.05, 0) is 12.8 Å². The smallest absolute Gasteiger partial charge is 0.137 e. The van der Waals surface area contributed by atoms with Crippen molar-refractivity contribution in [2.75, 3.05) is 5.43 Å². The number of nitrogens with zero attached hydrogens (tertiary/aromatic N) is 4. The van der Waals surface area contributed by atoms with Crippen molar-refractivity contribution in [3.05, 3.63) is 18.2 Å². The van der Waals surface area contributed by atoms with Crippen LogP contribution in [0.1, 0.15) is 32.4 Å². The average Bonchev–Trinajstić information content (AvgIpc) is 2.53. The molecule has 16 heavy (non-hydrogen) atoms. The van der Waals surface area contributed by atoms with Crippen molar-refractivity contribution in [2.45, 2.75) is 32.9 Å². The third-order valence-corrected chi connectivity index (χ3v) is 2.23. The van der Waals surface area contributed by atoms with Crippen LogP contribution in [0.4, 0.5) is 0 Å². The van der Waals surface area contributed by atoms with Gasteiger partial charge in [0.1, 0.15) is 23.6 Å². The minimum atomic E-state index is -0.667. The zero-order valence-electron chi connectivity index (χ0n) is 9.55. The maximum atomic E-state index is 9.33. The van der Waals surface area contributed by atoms with Crippen molar-refractivity contribution >= 4 is 11.0 Å². The molecule has 1 atom stereocenters. The molecule has 0 aliphatic carbocycles. The third-order valence-electron chi connectivity index (χ3n) is 2.23. The average molecular weight is 221 g/mol. The number of aliphatic hydroxyl groups is 1. The van der Waals surface area contributed by atoms with Gasteiger partial charge in [-0.2, -0.15) is 4.79 Å². The van der Waals surface area contributed by atoms with Crippen LogP contribution in [0.5, 0.6) is 0 Å². The zero-order valence-corrected chi connectivity index (χ0v) is 9.55. The van der Waals surface area contributed by atoms with Crippen LogP contribution in [0, 0.1) is 0 Å². The quantitative estimate of drug-likeness (QED) is 0.751. The van der Waals surface area contributed by atoms with Gasteiger partial charge in [0.15, 0.2) is 0 Å². The van der Waals surface area contributed by atoms with Crippen LogP contribution in [-0.4, -0.2) is 31.2 Å². The Morgan fingerprint density at radius 1 is 1.38 bits per heavy atom.